The summed E-state index contributed by atoms with van der Waals surface area (Å²) in [5, 5.41) is 0. The van der Waals surface area contributed by atoms with E-state index in [0.717, 1.165) is 0 Å². The third-order valence-electron chi connectivity index (χ3n) is 1.92. The highest BCUT2D eigenvalue weighted by molar-refractivity contribution is 7.99. The molecule has 0 atom stereocenters. The minimum absolute atomic E-state index is 0.101. The number of hydrogen-bond donors (Lipinski definition) is 1. The first-order chi connectivity index (χ1) is 7.50. The van der Waals surface area contributed by atoms with Crippen molar-refractivity contribution >= 4 is 23.3 Å². The lowest BCUT2D eigenvalue weighted by Crippen LogP contribution is -2.18. The second-order valence-electron chi connectivity index (χ2n) is 3.54. The summed E-state index contributed by atoms with van der Waals surface area (Å²) in [6, 6.07) is 6.75. The van der Waals surface area contributed by atoms with Crippen LogP contribution in [0.4, 0.5) is 14.5 Å². The van der Waals surface area contributed by atoms with Crippen molar-refractivity contribution in [1.29, 1.82) is 0 Å². The lowest BCUT2D eigenvalue weighted by Gasteiger charge is -2.07. The van der Waals surface area contributed by atoms with Crippen LogP contribution in [0.2, 0.25) is 0 Å². The molecule has 0 radical (unpaired) electrons. The van der Waals surface area contributed by atoms with Gasteiger partial charge in [-0.25, -0.2) is 4.99 Å². The van der Waals surface area contributed by atoms with Crippen LogP contribution in [0, 0.1) is 5.92 Å². The third-order valence-corrected chi connectivity index (χ3v) is 2.70. The Hall–Kier alpha value is -1.10. The van der Waals surface area contributed by atoms with Crippen LogP contribution < -0.4 is 5.73 Å². The van der Waals surface area contributed by atoms with E-state index in [1.165, 1.54) is 0 Å². The smallest absolute Gasteiger partial charge is 0.288 e. The zero-order valence-electron chi connectivity index (χ0n) is 9.15. The van der Waals surface area contributed by atoms with E-state index in [0.29, 0.717) is 28.2 Å². The Morgan fingerprint density at radius 1 is 1.31 bits per heavy atom. The number of halogens is 2. The number of thioether (sulfide) groups is 1. The molecule has 0 aliphatic heterocycles. The number of alkyl halides is 2. The Morgan fingerprint density at radius 2 is 1.94 bits per heavy atom. The van der Waals surface area contributed by atoms with Gasteiger partial charge in [0.15, 0.2) is 0 Å². The summed E-state index contributed by atoms with van der Waals surface area (Å²) >= 11 is 0.483. The Balaban J connectivity index is 2.99. The SMILES string of the molecule is CC(C)C(N)=Nc1ccccc1SC(F)F. The molecule has 0 saturated heterocycles. The van der Waals surface area contributed by atoms with E-state index >= 15 is 0 Å². The number of amidine groups is 1. The van der Waals surface area contributed by atoms with Gasteiger partial charge in [0.1, 0.15) is 5.84 Å². The fourth-order valence-corrected chi connectivity index (χ4v) is 1.60. The topological polar surface area (TPSA) is 38.4 Å². The second-order valence-corrected chi connectivity index (χ2v) is 4.57. The minimum atomic E-state index is -2.45. The number of para-hydroxylation sites is 1. The minimum Gasteiger partial charge on any atom is -0.387 e. The molecule has 0 saturated carbocycles. The van der Waals surface area contributed by atoms with Crippen molar-refractivity contribution in [1.82, 2.24) is 0 Å². The molecule has 0 fully saturated rings. The third kappa shape index (κ3) is 3.81. The lowest BCUT2D eigenvalue weighted by molar-refractivity contribution is 0.252. The van der Waals surface area contributed by atoms with Crippen molar-refractivity contribution in [2.45, 2.75) is 24.5 Å². The highest BCUT2D eigenvalue weighted by Gasteiger charge is 2.09. The van der Waals surface area contributed by atoms with Gasteiger partial charge in [-0.2, -0.15) is 8.78 Å². The van der Waals surface area contributed by atoms with Gasteiger partial charge < -0.3 is 5.73 Å². The molecule has 16 heavy (non-hydrogen) atoms. The summed E-state index contributed by atoms with van der Waals surface area (Å²) in [7, 11) is 0. The van der Waals surface area contributed by atoms with E-state index in [4.69, 9.17) is 5.73 Å². The first-order valence-electron chi connectivity index (χ1n) is 4.88. The molecule has 0 unspecified atom stereocenters. The summed E-state index contributed by atoms with van der Waals surface area (Å²) in [4.78, 5) is 4.60. The summed E-state index contributed by atoms with van der Waals surface area (Å²) in [5.41, 5.74) is 6.20. The van der Waals surface area contributed by atoms with Gasteiger partial charge in [-0.3, -0.25) is 0 Å². The summed E-state index contributed by atoms with van der Waals surface area (Å²) in [6.45, 7) is 3.81. The van der Waals surface area contributed by atoms with Crippen LogP contribution in [0.3, 0.4) is 0 Å². The molecule has 1 aromatic rings. The van der Waals surface area contributed by atoms with E-state index < -0.39 is 5.76 Å². The normalized spacial score (nSPS) is 12.5. The zero-order chi connectivity index (χ0) is 12.1. The molecule has 0 aromatic heterocycles. The molecule has 2 nitrogen and oxygen atoms in total. The molecule has 0 aliphatic carbocycles. The Morgan fingerprint density at radius 3 is 2.50 bits per heavy atom. The first kappa shape index (κ1) is 13.0. The largest absolute Gasteiger partial charge is 0.387 e. The van der Waals surface area contributed by atoms with Crippen LogP contribution in [-0.2, 0) is 0 Å². The van der Waals surface area contributed by atoms with Gasteiger partial charge in [0.25, 0.3) is 5.76 Å². The molecule has 2 N–H and O–H groups in total. The summed E-state index contributed by atoms with van der Waals surface area (Å²) in [6.07, 6.45) is 0. The highest BCUT2D eigenvalue weighted by atomic mass is 32.2. The maximum atomic E-state index is 12.3. The van der Waals surface area contributed by atoms with Crippen molar-refractivity contribution in [3.8, 4) is 0 Å². The molecule has 0 spiro atoms. The average Bonchev–Trinajstić information content (AvgIpc) is 2.20. The van der Waals surface area contributed by atoms with E-state index in [1.54, 1.807) is 24.3 Å². The van der Waals surface area contributed by atoms with Gasteiger partial charge in [0.05, 0.1) is 5.69 Å². The quantitative estimate of drug-likeness (QED) is 0.499. The number of nitrogens with zero attached hydrogens (tertiary/aromatic N) is 1. The van der Waals surface area contributed by atoms with Crippen molar-refractivity contribution in [2.24, 2.45) is 16.6 Å². The van der Waals surface area contributed by atoms with Crippen molar-refractivity contribution in [3.63, 3.8) is 0 Å². The molecular formula is C11H14F2N2S. The molecule has 88 valence electrons. The van der Waals surface area contributed by atoms with Crippen molar-refractivity contribution < 1.29 is 8.78 Å². The highest BCUT2D eigenvalue weighted by Crippen LogP contribution is 2.33. The van der Waals surface area contributed by atoms with E-state index in [1.807, 2.05) is 13.8 Å². The van der Waals surface area contributed by atoms with E-state index in [-0.39, 0.29) is 5.92 Å². The van der Waals surface area contributed by atoms with Crippen LogP contribution in [0.5, 0.6) is 0 Å². The van der Waals surface area contributed by atoms with E-state index in [9.17, 15) is 8.78 Å². The van der Waals surface area contributed by atoms with Crippen LogP contribution in [0.15, 0.2) is 34.2 Å². The second kappa shape index (κ2) is 5.84. The molecule has 0 amide bonds. The van der Waals surface area contributed by atoms with Gasteiger partial charge in [-0.1, -0.05) is 37.7 Å². The maximum Gasteiger partial charge on any atom is 0.288 e. The summed E-state index contributed by atoms with van der Waals surface area (Å²) in [5.74, 6) is -1.90. The number of aliphatic imine (C=N–C) groups is 1. The number of nitrogens with two attached hydrogens (primary N) is 1. The summed E-state index contributed by atoms with van der Waals surface area (Å²) < 4.78 is 24.6. The Labute approximate surface area is 97.9 Å². The Kier molecular flexibility index (Phi) is 4.73. The van der Waals surface area contributed by atoms with E-state index in [2.05, 4.69) is 4.99 Å². The Bertz CT molecular complexity index is 378. The predicted octanol–water partition coefficient (Wildman–Crippen LogP) is 3.65. The first-order valence-corrected chi connectivity index (χ1v) is 5.76. The maximum absolute atomic E-state index is 12.3. The van der Waals surface area contributed by atoms with Gasteiger partial charge in [0.2, 0.25) is 0 Å². The predicted molar refractivity (Wildman–Crippen MR) is 64.4 cm³/mol. The van der Waals surface area contributed by atoms with Gasteiger partial charge >= 0.3 is 0 Å². The number of rotatable bonds is 4. The van der Waals surface area contributed by atoms with Crippen molar-refractivity contribution in [3.05, 3.63) is 24.3 Å². The number of benzene rings is 1. The monoisotopic (exact) mass is 244 g/mol. The lowest BCUT2D eigenvalue weighted by atomic mass is 10.2. The van der Waals surface area contributed by atoms with Gasteiger partial charge in [-0.15, -0.1) is 0 Å². The van der Waals surface area contributed by atoms with Crippen LogP contribution >= 0.6 is 11.8 Å². The fourth-order valence-electron chi connectivity index (χ4n) is 1.01. The molecule has 0 aliphatic rings. The molecule has 1 aromatic carbocycles. The molecule has 0 heterocycles. The molecular weight excluding hydrogens is 230 g/mol. The van der Waals surface area contributed by atoms with Gasteiger partial charge in [0, 0.05) is 10.8 Å². The fraction of sp³-hybridized carbons (Fsp3) is 0.364. The average molecular weight is 244 g/mol. The van der Waals surface area contributed by atoms with Crippen LogP contribution in [0.25, 0.3) is 0 Å². The van der Waals surface area contributed by atoms with Crippen LogP contribution in [-0.4, -0.2) is 11.6 Å². The number of hydrogen-bond acceptors (Lipinski definition) is 2. The van der Waals surface area contributed by atoms with Gasteiger partial charge in [-0.05, 0) is 12.1 Å². The molecule has 0 bridgehead atoms. The molecule has 1 rings (SSSR count). The zero-order valence-corrected chi connectivity index (χ0v) is 9.97. The molecule has 5 heteroatoms. The van der Waals surface area contributed by atoms with Crippen molar-refractivity contribution in [2.75, 3.05) is 0 Å². The standard InChI is InChI=1S/C11H14F2N2S/c1-7(2)10(14)15-8-5-3-4-6-9(8)16-11(12)13/h3-7,11H,1-2H3,(H2,14,15). The van der Waals surface area contributed by atoms with Crippen LogP contribution in [0.1, 0.15) is 13.8 Å².